The van der Waals surface area contributed by atoms with Crippen molar-refractivity contribution in [3.8, 4) is 5.69 Å². The number of anilines is 1. The molecule has 0 atom stereocenters. The van der Waals surface area contributed by atoms with E-state index in [2.05, 4.69) is 18.8 Å². The van der Waals surface area contributed by atoms with E-state index in [1.807, 2.05) is 55.5 Å². The summed E-state index contributed by atoms with van der Waals surface area (Å²) < 4.78 is 41.7. The average Bonchev–Trinajstić information content (AvgIpc) is 3.46. The van der Waals surface area contributed by atoms with E-state index in [4.69, 9.17) is 0 Å². The number of benzene rings is 3. The number of hydrogen-bond acceptors (Lipinski definition) is 4. The molecule has 5 rings (SSSR count). The van der Waals surface area contributed by atoms with Crippen molar-refractivity contribution >= 4 is 40.4 Å². The van der Waals surface area contributed by atoms with Crippen molar-refractivity contribution in [1.29, 1.82) is 0 Å². The third-order valence-corrected chi connectivity index (χ3v) is 8.46. The van der Waals surface area contributed by atoms with Crippen molar-refractivity contribution in [2.75, 3.05) is 10.7 Å². The van der Waals surface area contributed by atoms with Gasteiger partial charge in [-0.2, -0.15) is 13.2 Å². The van der Waals surface area contributed by atoms with Crippen molar-refractivity contribution in [3.63, 3.8) is 0 Å². The Morgan fingerprint density at radius 3 is 2.25 bits per heavy atom. The number of nitrogens with zero attached hydrogens (tertiary/aromatic N) is 3. The molecule has 9 heteroatoms. The zero-order chi connectivity index (χ0) is 31.8. The Morgan fingerprint density at radius 2 is 1.61 bits per heavy atom. The van der Waals surface area contributed by atoms with Crippen molar-refractivity contribution in [3.05, 3.63) is 124 Å². The molecule has 5 nitrogen and oxygen atoms in total. The third kappa shape index (κ3) is 6.43. The summed E-state index contributed by atoms with van der Waals surface area (Å²) in [6.07, 6.45) is -2.74. The van der Waals surface area contributed by atoms with Crippen molar-refractivity contribution in [2.45, 2.75) is 46.7 Å². The monoisotopic (exact) mass is 615 g/mol. The van der Waals surface area contributed by atoms with Gasteiger partial charge < -0.3 is 4.57 Å². The highest BCUT2D eigenvalue weighted by Crippen LogP contribution is 2.33. The van der Waals surface area contributed by atoms with E-state index >= 15 is 0 Å². The van der Waals surface area contributed by atoms with E-state index in [1.165, 1.54) is 16.5 Å². The Balaban J connectivity index is 1.42. The quantitative estimate of drug-likeness (QED) is 0.154. The van der Waals surface area contributed by atoms with Gasteiger partial charge in [0.1, 0.15) is 5.70 Å². The first kappa shape index (κ1) is 31.1. The maximum absolute atomic E-state index is 13.6. The summed E-state index contributed by atoms with van der Waals surface area (Å²) in [4.78, 5) is 33.3. The Hall–Kier alpha value is -4.37. The van der Waals surface area contributed by atoms with Gasteiger partial charge in [-0.3, -0.25) is 14.5 Å². The van der Waals surface area contributed by atoms with Gasteiger partial charge in [0.25, 0.3) is 5.91 Å². The number of ketones is 1. The zero-order valence-corrected chi connectivity index (χ0v) is 25.9. The normalized spacial score (nSPS) is 14.6. The SMILES string of the molecule is Cc1ccc(N2C(=O)C(=Cc3ccc(C(C)C)cc3)N=C2SCC(=O)c2cc(C)n(-c3cccc(C(F)(F)F)c3)c2C)cc1. The van der Waals surface area contributed by atoms with Gasteiger partial charge in [0.05, 0.1) is 17.0 Å². The van der Waals surface area contributed by atoms with Gasteiger partial charge in [-0.1, -0.05) is 73.6 Å². The lowest BCUT2D eigenvalue weighted by atomic mass is 10.0. The van der Waals surface area contributed by atoms with Crippen LogP contribution in [0.5, 0.6) is 0 Å². The van der Waals surface area contributed by atoms with Crippen LogP contribution in [0, 0.1) is 20.8 Å². The summed E-state index contributed by atoms with van der Waals surface area (Å²) in [5, 5.41) is 0.379. The predicted octanol–water partition coefficient (Wildman–Crippen LogP) is 8.90. The molecule has 2 heterocycles. The number of hydrogen-bond donors (Lipinski definition) is 0. The molecule has 1 aromatic heterocycles. The lowest BCUT2D eigenvalue weighted by molar-refractivity contribution is -0.137. The molecular weight excluding hydrogens is 583 g/mol. The van der Waals surface area contributed by atoms with Crippen LogP contribution in [0.4, 0.5) is 18.9 Å². The lowest BCUT2D eigenvalue weighted by Gasteiger charge is -2.18. The van der Waals surface area contributed by atoms with E-state index in [0.717, 1.165) is 35.0 Å². The third-order valence-electron chi connectivity index (χ3n) is 7.52. The fourth-order valence-corrected chi connectivity index (χ4v) is 6.02. The number of alkyl halides is 3. The van der Waals surface area contributed by atoms with Crippen LogP contribution < -0.4 is 4.90 Å². The van der Waals surface area contributed by atoms with Crippen LogP contribution in [0.3, 0.4) is 0 Å². The van der Waals surface area contributed by atoms with Crippen LogP contribution in [-0.4, -0.2) is 27.2 Å². The van der Waals surface area contributed by atoms with Gasteiger partial charge >= 0.3 is 6.18 Å². The molecule has 4 aromatic rings. The molecule has 0 aliphatic carbocycles. The Labute approximate surface area is 259 Å². The van der Waals surface area contributed by atoms with E-state index < -0.39 is 11.7 Å². The molecule has 0 saturated heterocycles. The molecule has 0 N–H and O–H groups in total. The number of amides is 1. The van der Waals surface area contributed by atoms with Crippen LogP contribution in [0.2, 0.25) is 0 Å². The lowest BCUT2D eigenvalue weighted by Crippen LogP contribution is -2.30. The number of carbonyl (C=O) groups excluding carboxylic acids is 2. The molecule has 226 valence electrons. The first-order valence-electron chi connectivity index (χ1n) is 14.2. The van der Waals surface area contributed by atoms with Gasteiger partial charge in [0.2, 0.25) is 0 Å². The molecule has 0 unspecified atom stereocenters. The van der Waals surface area contributed by atoms with E-state index in [9.17, 15) is 22.8 Å². The fourth-order valence-electron chi connectivity index (χ4n) is 5.12. The summed E-state index contributed by atoms with van der Waals surface area (Å²) in [6.45, 7) is 9.66. The molecule has 0 spiro atoms. The molecule has 0 fully saturated rings. The highest BCUT2D eigenvalue weighted by atomic mass is 32.2. The number of aryl methyl sites for hydroxylation is 2. The van der Waals surface area contributed by atoms with Gasteiger partial charge in [-0.05, 0) is 80.3 Å². The highest BCUT2D eigenvalue weighted by Gasteiger charge is 2.33. The summed E-state index contributed by atoms with van der Waals surface area (Å²) in [5.74, 6) is -0.145. The fraction of sp³-hybridized carbons (Fsp3) is 0.229. The van der Waals surface area contributed by atoms with Crippen molar-refractivity contribution < 1.29 is 22.8 Å². The molecule has 1 aliphatic heterocycles. The summed E-state index contributed by atoms with van der Waals surface area (Å²) in [5.41, 5.74) is 5.13. The number of Topliss-reactive ketones (excluding diaryl/α,β-unsaturated/α-hetero) is 1. The van der Waals surface area contributed by atoms with E-state index in [1.54, 1.807) is 36.6 Å². The number of aliphatic imine (C=N–C) groups is 1. The van der Waals surface area contributed by atoms with E-state index in [0.29, 0.717) is 39.4 Å². The highest BCUT2D eigenvalue weighted by molar-refractivity contribution is 8.14. The zero-order valence-electron chi connectivity index (χ0n) is 25.1. The number of halogens is 3. The first-order valence-corrected chi connectivity index (χ1v) is 15.2. The van der Waals surface area contributed by atoms with Crippen LogP contribution >= 0.6 is 11.8 Å². The van der Waals surface area contributed by atoms with Crippen LogP contribution in [0.1, 0.15) is 63.8 Å². The number of aromatic nitrogens is 1. The van der Waals surface area contributed by atoms with Gasteiger partial charge in [0.15, 0.2) is 11.0 Å². The molecular formula is C35H32F3N3O2S. The number of thioether (sulfide) groups is 1. The molecule has 1 aliphatic rings. The second-order valence-corrected chi connectivity index (χ2v) is 12.0. The Morgan fingerprint density at radius 1 is 0.932 bits per heavy atom. The van der Waals surface area contributed by atoms with Crippen LogP contribution in [0.25, 0.3) is 11.8 Å². The predicted molar refractivity (Wildman–Crippen MR) is 172 cm³/mol. The Kier molecular flexibility index (Phi) is 8.70. The number of carbonyl (C=O) groups is 2. The molecule has 44 heavy (non-hydrogen) atoms. The van der Waals surface area contributed by atoms with Crippen LogP contribution in [0.15, 0.2) is 89.6 Å². The largest absolute Gasteiger partial charge is 0.416 e. The molecule has 1 amide bonds. The average molecular weight is 616 g/mol. The topological polar surface area (TPSA) is 54.7 Å². The van der Waals surface area contributed by atoms with Crippen molar-refractivity contribution in [2.24, 2.45) is 4.99 Å². The first-order chi connectivity index (χ1) is 20.8. The van der Waals surface area contributed by atoms with Gasteiger partial charge in [-0.15, -0.1) is 0 Å². The van der Waals surface area contributed by atoms with Crippen molar-refractivity contribution in [1.82, 2.24) is 4.57 Å². The Bertz CT molecular complexity index is 1780. The summed E-state index contributed by atoms with van der Waals surface area (Å²) >= 11 is 1.15. The van der Waals surface area contributed by atoms with Gasteiger partial charge in [0, 0.05) is 22.6 Å². The second kappa shape index (κ2) is 12.3. The second-order valence-electron chi connectivity index (χ2n) is 11.1. The molecule has 3 aromatic carbocycles. The van der Waals surface area contributed by atoms with Crippen LogP contribution in [-0.2, 0) is 11.0 Å². The van der Waals surface area contributed by atoms with E-state index in [-0.39, 0.29) is 23.1 Å². The number of amidine groups is 1. The van der Waals surface area contributed by atoms with Gasteiger partial charge in [-0.25, -0.2) is 4.99 Å². The number of rotatable bonds is 7. The molecule has 0 saturated carbocycles. The maximum atomic E-state index is 13.6. The minimum Gasteiger partial charge on any atom is -0.318 e. The summed E-state index contributed by atoms with van der Waals surface area (Å²) in [7, 11) is 0. The molecule has 0 bridgehead atoms. The standard InChI is InChI=1S/C35H32F3N3O2S/c1-21(2)26-13-11-25(12-14-26)18-31-33(43)41(28-15-9-22(3)10-16-28)34(39-31)44-20-32(42)30-17-23(4)40(24(30)5)29-8-6-7-27(19-29)35(36,37)38/h6-19,21H,20H2,1-5H3. The minimum absolute atomic E-state index is 0.0161. The minimum atomic E-state index is -4.48. The molecule has 0 radical (unpaired) electrons. The maximum Gasteiger partial charge on any atom is 0.416 e. The summed E-state index contributed by atoms with van der Waals surface area (Å²) in [6, 6.07) is 22.2. The smallest absolute Gasteiger partial charge is 0.318 e.